The minimum atomic E-state index is -0.995. The Morgan fingerprint density at radius 2 is 2.18 bits per heavy atom. The van der Waals surface area contributed by atoms with Gasteiger partial charge in [0.2, 0.25) is 0 Å². The minimum Gasteiger partial charge on any atom is -0.464 e. The maximum Gasteiger partial charge on any atom is 0.329 e. The molecule has 0 aliphatic carbocycles. The van der Waals surface area contributed by atoms with E-state index < -0.39 is 29.0 Å². The van der Waals surface area contributed by atoms with Gasteiger partial charge in [0.1, 0.15) is 11.9 Å². The van der Waals surface area contributed by atoms with Gasteiger partial charge < -0.3 is 4.74 Å². The van der Waals surface area contributed by atoms with Gasteiger partial charge in [-0.1, -0.05) is 12.1 Å². The van der Waals surface area contributed by atoms with Crippen LogP contribution in [0.4, 0.5) is 9.18 Å². The van der Waals surface area contributed by atoms with Gasteiger partial charge in [0.25, 0.3) is 11.1 Å². The molecule has 1 aliphatic rings. The highest BCUT2D eigenvalue weighted by atomic mass is 32.2. The molecule has 116 valence electrons. The van der Waals surface area contributed by atoms with E-state index >= 15 is 0 Å². The zero-order chi connectivity index (χ0) is 16.3. The number of rotatable bonds is 4. The fourth-order valence-corrected chi connectivity index (χ4v) is 2.84. The van der Waals surface area contributed by atoms with Crippen molar-refractivity contribution in [2.75, 3.05) is 6.61 Å². The molecule has 2 amide bonds. The van der Waals surface area contributed by atoms with Gasteiger partial charge in [-0.3, -0.25) is 14.5 Å². The normalized spacial score (nSPS) is 18.0. The predicted molar refractivity (Wildman–Crippen MR) is 80.3 cm³/mol. The number of thioether (sulfide) groups is 1. The van der Waals surface area contributed by atoms with Crippen LogP contribution >= 0.6 is 11.8 Å². The van der Waals surface area contributed by atoms with Gasteiger partial charge in [-0.15, -0.1) is 0 Å². The molecule has 22 heavy (non-hydrogen) atoms. The quantitative estimate of drug-likeness (QED) is 0.630. The van der Waals surface area contributed by atoms with Crippen molar-refractivity contribution in [3.8, 4) is 0 Å². The van der Waals surface area contributed by atoms with Crippen LogP contribution in [-0.4, -0.2) is 34.7 Å². The molecule has 1 heterocycles. The van der Waals surface area contributed by atoms with E-state index in [1.165, 1.54) is 31.2 Å². The van der Waals surface area contributed by atoms with Crippen LogP contribution in [0, 0.1) is 5.82 Å². The highest BCUT2D eigenvalue weighted by Gasteiger charge is 2.41. The van der Waals surface area contributed by atoms with E-state index in [2.05, 4.69) is 0 Å². The molecule has 1 aliphatic heterocycles. The number of halogens is 1. The van der Waals surface area contributed by atoms with Crippen LogP contribution in [0.15, 0.2) is 29.2 Å². The number of benzene rings is 1. The first-order chi connectivity index (χ1) is 10.4. The molecule has 5 nitrogen and oxygen atoms in total. The van der Waals surface area contributed by atoms with Crippen molar-refractivity contribution < 1.29 is 23.5 Å². The van der Waals surface area contributed by atoms with Gasteiger partial charge in [-0.25, -0.2) is 9.18 Å². The second-order valence-corrected chi connectivity index (χ2v) is 5.53. The number of carbonyl (C=O) groups excluding carboxylic acids is 3. The molecular weight excluding hydrogens is 309 g/mol. The Balaban J connectivity index is 2.23. The van der Waals surface area contributed by atoms with Gasteiger partial charge in [-0.05, 0) is 49.4 Å². The monoisotopic (exact) mass is 323 g/mol. The van der Waals surface area contributed by atoms with Crippen molar-refractivity contribution in [3.63, 3.8) is 0 Å². The maximum absolute atomic E-state index is 13.2. The number of nitrogens with zero attached hydrogens (tertiary/aromatic N) is 1. The summed E-state index contributed by atoms with van der Waals surface area (Å²) in [5.41, 5.74) is 0.467. The molecule has 1 aromatic rings. The molecule has 0 spiro atoms. The average molecular weight is 323 g/mol. The Morgan fingerprint density at radius 1 is 1.45 bits per heavy atom. The summed E-state index contributed by atoms with van der Waals surface area (Å²) in [5.74, 6) is -1.66. The number of esters is 1. The largest absolute Gasteiger partial charge is 0.464 e. The highest BCUT2D eigenvalue weighted by Crippen LogP contribution is 2.33. The molecule has 1 aromatic carbocycles. The molecule has 0 radical (unpaired) electrons. The third-order valence-corrected chi connectivity index (χ3v) is 3.87. The SMILES string of the molecule is CCOC(=O)[C@@H](C)N1C(=O)S/C(=C/c2cccc(F)c2)C1=O. The van der Waals surface area contributed by atoms with Gasteiger partial charge in [0.15, 0.2) is 0 Å². The van der Waals surface area contributed by atoms with Crippen LogP contribution in [0.25, 0.3) is 6.08 Å². The molecule has 0 saturated carbocycles. The molecule has 1 fully saturated rings. The highest BCUT2D eigenvalue weighted by molar-refractivity contribution is 8.18. The van der Waals surface area contributed by atoms with Crippen LogP contribution in [0.2, 0.25) is 0 Å². The number of ether oxygens (including phenoxy) is 1. The fraction of sp³-hybridized carbons (Fsp3) is 0.267. The Kier molecular flexibility index (Phi) is 4.97. The Bertz CT molecular complexity index is 659. The van der Waals surface area contributed by atoms with E-state index in [1.807, 2.05) is 0 Å². The standard InChI is InChI=1S/C15H14FNO4S/c1-3-21-14(19)9(2)17-13(18)12(22-15(17)20)8-10-5-4-6-11(16)7-10/h4-9H,3H2,1-2H3/b12-8+/t9-/m1/s1. The number of hydrogen-bond acceptors (Lipinski definition) is 5. The van der Waals surface area contributed by atoms with E-state index in [1.54, 1.807) is 13.0 Å². The van der Waals surface area contributed by atoms with Crippen LogP contribution in [-0.2, 0) is 14.3 Å². The molecule has 0 unspecified atom stereocenters. The second-order valence-electron chi connectivity index (χ2n) is 4.53. The van der Waals surface area contributed by atoms with Gasteiger partial charge in [0, 0.05) is 0 Å². The van der Waals surface area contributed by atoms with Crippen LogP contribution in [0.3, 0.4) is 0 Å². The van der Waals surface area contributed by atoms with E-state index in [0.717, 1.165) is 4.90 Å². The van der Waals surface area contributed by atoms with Gasteiger partial charge >= 0.3 is 5.97 Å². The van der Waals surface area contributed by atoms with E-state index in [-0.39, 0.29) is 11.5 Å². The lowest BCUT2D eigenvalue weighted by Gasteiger charge is -2.19. The summed E-state index contributed by atoms with van der Waals surface area (Å²) in [4.78, 5) is 36.9. The molecule has 0 N–H and O–H groups in total. The van der Waals surface area contributed by atoms with E-state index in [9.17, 15) is 18.8 Å². The summed E-state index contributed by atoms with van der Waals surface area (Å²) in [6.45, 7) is 3.24. The Morgan fingerprint density at radius 3 is 2.82 bits per heavy atom. The van der Waals surface area contributed by atoms with Crippen molar-refractivity contribution in [2.45, 2.75) is 19.9 Å². The maximum atomic E-state index is 13.2. The zero-order valence-corrected chi connectivity index (χ0v) is 12.9. The number of imide groups is 1. The van der Waals surface area contributed by atoms with Gasteiger partial charge in [-0.2, -0.15) is 0 Å². The smallest absolute Gasteiger partial charge is 0.329 e. The summed E-state index contributed by atoms with van der Waals surface area (Å²) >= 11 is 0.715. The Hall–Kier alpha value is -2.15. The average Bonchev–Trinajstić information content (AvgIpc) is 2.73. The Labute approximate surface area is 131 Å². The summed E-state index contributed by atoms with van der Waals surface area (Å²) in [7, 11) is 0. The summed E-state index contributed by atoms with van der Waals surface area (Å²) in [5, 5.41) is -0.548. The van der Waals surface area contributed by atoms with Crippen LogP contribution in [0.5, 0.6) is 0 Å². The molecular formula is C15H14FNO4S. The second kappa shape index (κ2) is 6.74. The van der Waals surface area contributed by atoms with E-state index in [0.29, 0.717) is 17.3 Å². The number of amides is 2. The molecule has 1 saturated heterocycles. The van der Waals surface area contributed by atoms with Crippen LogP contribution in [0.1, 0.15) is 19.4 Å². The summed E-state index contributed by atoms with van der Waals surface area (Å²) in [6.07, 6.45) is 1.42. The molecule has 1 atom stereocenters. The number of carbonyl (C=O) groups is 3. The lowest BCUT2D eigenvalue weighted by Crippen LogP contribution is -2.42. The third kappa shape index (κ3) is 3.36. The van der Waals surface area contributed by atoms with Crippen molar-refractivity contribution in [1.29, 1.82) is 0 Å². The first kappa shape index (κ1) is 16.2. The fourth-order valence-electron chi connectivity index (χ4n) is 1.93. The lowest BCUT2D eigenvalue weighted by atomic mass is 10.2. The van der Waals surface area contributed by atoms with Crippen molar-refractivity contribution >= 4 is 35.0 Å². The summed E-state index contributed by atoms with van der Waals surface area (Å²) < 4.78 is 18.0. The third-order valence-electron chi connectivity index (χ3n) is 2.98. The summed E-state index contributed by atoms with van der Waals surface area (Å²) in [6, 6.07) is 4.67. The predicted octanol–water partition coefficient (Wildman–Crippen LogP) is 2.81. The number of hydrogen-bond donors (Lipinski definition) is 0. The minimum absolute atomic E-state index is 0.145. The van der Waals surface area contributed by atoms with Crippen molar-refractivity contribution in [1.82, 2.24) is 4.90 Å². The topological polar surface area (TPSA) is 63.7 Å². The lowest BCUT2D eigenvalue weighted by molar-refractivity contribution is -0.150. The van der Waals surface area contributed by atoms with Crippen LogP contribution < -0.4 is 0 Å². The molecule has 2 rings (SSSR count). The molecule has 0 aromatic heterocycles. The zero-order valence-electron chi connectivity index (χ0n) is 12.0. The molecule has 0 bridgehead atoms. The first-order valence-electron chi connectivity index (χ1n) is 6.63. The molecule has 7 heteroatoms. The van der Waals surface area contributed by atoms with Crippen molar-refractivity contribution in [3.05, 3.63) is 40.6 Å². The van der Waals surface area contributed by atoms with Crippen molar-refractivity contribution in [2.24, 2.45) is 0 Å². The van der Waals surface area contributed by atoms with E-state index in [4.69, 9.17) is 4.74 Å². The van der Waals surface area contributed by atoms with Gasteiger partial charge in [0.05, 0.1) is 11.5 Å². The first-order valence-corrected chi connectivity index (χ1v) is 7.45.